The number of rotatable bonds is 4. The lowest BCUT2D eigenvalue weighted by atomic mass is 10.1. The molecule has 1 aromatic heterocycles. The van der Waals surface area contributed by atoms with E-state index in [0.717, 1.165) is 6.20 Å². The molecule has 0 aliphatic carbocycles. The second-order valence-corrected chi connectivity index (χ2v) is 5.68. The van der Waals surface area contributed by atoms with Crippen LogP contribution < -0.4 is 10.6 Å². The summed E-state index contributed by atoms with van der Waals surface area (Å²) in [4.78, 5) is 40.2. The first-order valence-electron chi connectivity index (χ1n) is 7.02. The zero-order valence-electron chi connectivity index (χ0n) is 12.8. The summed E-state index contributed by atoms with van der Waals surface area (Å²) in [6.07, 6.45) is -2.83. The van der Waals surface area contributed by atoms with Crippen LogP contribution in [0.25, 0.3) is 0 Å². The van der Waals surface area contributed by atoms with Crippen molar-refractivity contribution in [2.75, 3.05) is 6.54 Å². The Hall–Kier alpha value is -2.65. The van der Waals surface area contributed by atoms with Gasteiger partial charge < -0.3 is 5.32 Å². The van der Waals surface area contributed by atoms with E-state index in [9.17, 15) is 27.6 Å². The first-order chi connectivity index (χ1) is 11.1. The van der Waals surface area contributed by atoms with E-state index in [1.807, 2.05) is 0 Å². The van der Waals surface area contributed by atoms with Gasteiger partial charge in [-0.25, -0.2) is 4.79 Å². The number of aromatic nitrogens is 1. The van der Waals surface area contributed by atoms with E-state index in [4.69, 9.17) is 0 Å². The Morgan fingerprint density at radius 3 is 2.58 bits per heavy atom. The molecular formula is C14H15F3N4O3. The average Bonchev–Trinajstić information content (AvgIpc) is 2.72. The largest absolute Gasteiger partial charge is 0.440 e. The van der Waals surface area contributed by atoms with E-state index in [-0.39, 0.29) is 18.0 Å². The number of imide groups is 1. The fraction of sp³-hybridized carbons (Fsp3) is 0.429. The number of alkyl halides is 3. The van der Waals surface area contributed by atoms with Gasteiger partial charge in [-0.05, 0) is 18.1 Å². The van der Waals surface area contributed by atoms with Crippen LogP contribution in [0.15, 0.2) is 24.5 Å². The highest BCUT2D eigenvalue weighted by molar-refractivity contribution is 6.10. The Morgan fingerprint density at radius 2 is 2.08 bits per heavy atom. The second-order valence-electron chi connectivity index (χ2n) is 5.68. The smallest absolute Gasteiger partial charge is 0.314 e. The topological polar surface area (TPSA) is 91.4 Å². The van der Waals surface area contributed by atoms with E-state index in [0.29, 0.717) is 4.90 Å². The minimum Gasteiger partial charge on any atom is -0.314 e. The highest BCUT2D eigenvalue weighted by atomic mass is 19.4. The summed E-state index contributed by atoms with van der Waals surface area (Å²) >= 11 is 0. The molecule has 1 aliphatic heterocycles. The lowest BCUT2D eigenvalue weighted by Crippen LogP contribution is -2.69. The molecule has 2 rings (SSSR count). The van der Waals surface area contributed by atoms with Crippen molar-refractivity contribution < 1.29 is 27.6 Å². The zero-order chi connectivity index (χ0) is 18.1. The maximum atomic E-state index is 13.5. The van der Waals surface area contributed by atoms with Crippen molar-refractivity contribution >= 4 is 17.8 Å². The number of halogens is 3. The molecule has 7 nitrogen and oxygen atoms in total. The molecule has 0 aromatic carbocycles. The predicted octanol–water partition coefficient (Wildman–Crippen LogP) is 1.28. The molecule has 10 heteroatoms. The summed E-state index contributed by atoms with van der Waals surface area (Å²) in [7, 11) is 0. The fourth-order valence-corrected chi connectivity index (χ4v) is 2.19. The van der Waals surface area contributed by atoms with Crippen LogP contribution >= 0.6 is 0 Å². The van der Waals surface area contributed by atoms with E-state index in [1.165, 1.54) is 18.3 Å². The summed E-state index contributed by atoms with van der Waals surface area (Å²) in [5, 5.41) is 3.18. The minimum atomic E-state index is -5.22. The third kappa shape index (κ3) is 3.03. The van der Waals surface area contributed by atoms with Crippen LogP contribution in [-0.2, 0) is 4.79 Å². The summed E-state index contributed by atoms with van der Waals surface area (Å²) in [6, 6.07) is 1.38. The number of nitrogens with zero attached hydrogens (tertiary/aromatic N) is 2. The van der Waals surface area contributed by atoms with Crippen molar-refractivity contribution in [3.8, 4) is 0 Å². The van der Waals surface area contributed by atoms with E-state index in [1.54, 1.807) is 24.5 Å². The maximum Gasteiger partial charge on any atom is 0.440 e. The Labute approximate surface area is 135 Å². The van der Waals surface area contributed by atoms with Gasteiger partial charge in [0, 0.05) is 18.9 Å². The van der Waals surface area contributed by atoms with Crippen LogP contribution in [0.1, 0.15) is 24.2 Å². The minimum absolute atomic E-state index is 0.175. The molecule has 0 bridgehead atoms. The Bertz CT molecular complexity index is 663. The normalized spacial score (nSPS) is 21.2. The van der Waals surface area contributed by atoms with E-state index < -0.39 is 29.7 Å². The molecule has 0 radical (unpaired) electrons. The molecule has 1 saturated heterocycles. The lowest BCUT2D eigenvalue weighted by molar-refractivity contribution is -0.200. The van der Waals surface area contributed by atoms with Crippen LogP contribution in [0.4, 0.5) is 18.0 Å². The number of hydrogen-bond acceptors (Lipinski definition) is 4. The molecule has 1 aromatic rings. The molecule has 130 valence electrons. The van der Waals surface area contributed by atoms with Gasteiger partial charge in [-0.1, -0.05) is 13.8 Å². The molecule has 1 fully saturated rings. The van der Waals surface area contributed by atoms with Gasteiger partial charge in [-0.2, -0.15) is 13.2 Å². The molecular weight excluding hydrogens is 329 g/mol. The van der Waals surface area contributed by atoms with Gasteiger partial charge >= 0.3 is 12.2 Å². The SMILES string of the molecule is CC(C)CN1C(=O)N[C@@](NC(=O)c2cccnc2)(C(F)(F)F)C1=O. The molecule has 1 aliphatic rings. The Morgan fingerprint density at radius 1 is 1.42 bits per heavy atom. The van der Waals surface area contributed by atoms with Gasteiger partial charge in [0.1, 0.15) is 0 Å². The highest BCUT2D eigenvalue weighted by Gasteiger charge is 2.68. The van der Waals surface area contributed by atoms with Gasteiger partial charge in [0.05, 0.1) is 5.56 Å². The molecule has 2 heterocycles. The van der Waals surface area contributed by atoms with Crippen LogP contribution in [0.5, 0.6) is 0 Å². The third-order valence-electron chi connectivity index (χ3n) is 3.30. The molecule has 2 N–H and O–H groups in total. The van der Waals surface area contributed by atoms with Crippen molar-refractivity contribution in [3.63, 3.8) is 0 Å². The van der Waals surface area contributed by atoms with Crippen molar-refractivity contribution in [2.45, 2.75) is 25.7 Å². The molecule has 24 heavy (non-hydrogen) atoms. The van der Waals surface area contributed by atoms with Crippen molar-refractivity contribution in [3.05, 3.63) is 30.1 Å². The predicted molar refractivity (Wildman–Crippen MR) is 75.6 cm³/mol. The van der Waals surface area contributed by atoms with Gasteiger partial charge in [0.15, 0.2) is 0 Å². The Kier molecular flexibility index (Phi) is 4.50. The number of amides is 4. The maximum absolute atomic E-state index is 13.5. The Balaban J connectivity index is 2.37. The molecule has 0 saturated carbocycles. The van der Waals surface area contributed by atoms with E-state index in [2.05, 4.69) is 4.98 Å². The summed E-state index contributed by atoms with van der Waals surface area (Å²) in [5.41, 5.74) is -3.67. The van der Waals surface area contributed by atoms with Gasteiger partial charge in [0.2, 0.25) is 0 Å². The average molecular weight is 344 g/mol. The van der Waals surface area contributed by atoms with Crippen LogP contribution in [0.3, 0.4) is 0 Å². The number of pyridine rings is 1. The number of carbonyl (C=O) groups excluding carboxylic acids is 3. The van der Waals surface area contributed by atoms with Gasteiger partial charge in [-0.3, -0.25) is 24.8 Å². The number of nitrogens with one attached hydrogen (secondary N) is 2. The number of hydrogen-bond donors (Lipinski definition) is 2. The fourth-order valence-electron chi connectivity index (χ4n) is 2.19. The van der Waals surface area contributed by atoms with Gasteiger partial charge in [-0.15, -0.1) is 0 Å². The number of carbonyl (C=O) groups is 3. The quantitative estimate of drug-likeness (QED) is 0.805. The second kappa shape index (κ2) is 6.10. The van der Waals surface area contributed by atoms with Crippen molar-refractivity contribution in [1.29, 1.82) is 0 Å². The lowest BCUT2D eigenvalue weighted by Gasteiger charge is -2.30. The molecule has 1 atom stereocenters. The van der Waals surface area contributed by atoms with E-state index >= 15 is 0 Å². The standard InChI is InChI=1S/C14H15F3N4O3/c1-8(2)7-21-11(23)13(14(15,16)17,20-12(21)24)19-10(22)9-4-3-5-18-6-9/h3-6,8H,7H2,1-2H3,(H,19,22)(H,20,24)/t13-/m1/s1. The van der Waals surface area contributed by atoms with Crippen LogP contribution in [0, 0.1) is 5.92 Å². The third-order valence-corrected chi connectivity index (χ3v) is 3.30. The molecule has 4 amide bonds. The first kappa shape index (κ1) is 17.7. The molecule has 0 unspecified atom stereocenters. The van der Waals surface area contributed by atoms with Crippen LogP contribution in [-0.4, -0.2) is 46.1 Å². The van der Waals surface area contributed by atoms with Crippen molar-refractivity contribution in [2.24, 2.45) is 5.92 Å². The zero-order valence-corrected chi connectivity index (χ0v) is 12.8. The monoisotopic (exact) mass is 344 g/mol. The van der Waals surface area contributed by atoms with Crippen LogP contribution in [0.2, 0.25) is 0 Å². The molecule has 0 spiro atoms. The highest BCUT2D eigenvalue weighted by Crippen LogP contribution is 2.34. The summed E-state index contributed by atoms with van der Waals surface area (Å²) in [5.74, 6) is -2.98. The summed E-state index contributed by atoms with van der Waals surface area (Å²) < 4.78 is 40.6. The summed E-state index contributed by atoms with van der Waals surface area (Å²) in [6.45, 7) is 3.08. The van der Waals surface area contributed by atoms with Crippen molar-refractivity contribution in [1.82, 2.24) is 20.5 Å². The number of urea groups is 1. The van der Waals surface area contributed by atoms with Gasteiger partial charge in [0.25, 0.3) is 17.5 Å². The first-order valence-corrected chi connectivity index (χ1v) is 7.02.